The number of aromatic amines is 1. The van der Waals surface area contributed by atoms with Crippen molar-refractivity contribution in [1.29, 1.82) is 0 Å². The standard InChI is InChI=1S/C19H30N6O5S/c1-11(18(28)25-6-3-4-15(25)19(29)30)23-17(27)14(5-7-31-2)24-16(26)13(20)8-12-9-21-10-22-12/h9-11,13-15H,3-8,20H2,1-2H3,(H,21,22)(H,23,27)(H,24,26)(H,29,30). The number of hydrogen-bond acceptors (Lipinski definition) is 7. The molecule has 1 aliphatic rings. The SMILES string of the molecule is CSCCC(NC(=O)C(N)Cc1cnc[nH]1)C(=O)NC(C)C(=O)N1CCCC1C(=O)O. The molecule has 6 N–H and O–H groups in total. The minimum absolute atomic E-state index is 0.239. The quantitative estimate of drug-likeness (QED) is 0.286. The third-order valence-electron chi connectivity index (χ3n) is 5.13. The van der Waals surface area contributed by atoms with Crippen molar-refractivity contribution in [1.82, 2.24) is 25.5 Å². The minimum Gasteiger partial charge on any atom is -0.480 e. The first kappa shape index (κ1) is 24.7. The van der Waals surface area contributed by atoms with Crippen LogP contribution in [-0.4, -0.2) is 86.4 Å². The Bertz CT molecular complexity index is 774. The Morgan fingerprint density at radius 2 is 2.10 bits per heavy atom. The highest BCUT2D eigenvalue weighted by Gasteiger charge is 2.36. The van der Waals surface area contributed by atoms with Crippen LogP contribution in [-0.2, 0) is 25.6 Å². The second kappa shape index (κ2) is 11.7. The molecule has 11 nitrogen and oxygen atoms in total. The molecule has 1 aromatic heterocycles. The van der Waals surface area contributed by atoms with Crippen molar-refractivity contribution in [3.8, 4) is 0 Å². The Hall–Kier alpha value is -2.60. The number of imidazole rings is 1. The lowest BCUT2D eigenvalue weighted by atomic mass is 10.1. The average Bonchev–Trinajstić information content (AvgIpc) is 3.41. The maximum atomic E-state index is 12.8. The van der Waals surface area contributed by atoms with Crippen LogP contribution in [0, 0.1) is 0 Å². The van der Waals surface area contributed by atoms with Gasteiger partial charge in [-0.05, 0) is 38.2 Å². The summed E-state index contributed by atoms with van der Waals surface area (Å²) in [6.45, 7) is 1.85. The second-order valence-corrected chi connectivity index (χ2v) is 8.47. The zero-order valence-corrected chi connectivity index (χ0v) is 18.5. The number of nitrogens with one attached hydrogen (secondary N) is 3. The monoisotopic (exact) mass is 454 g/mol. The summed E-state index contributed by atoms with van der Waals surface area (Å²) in [5, 5.41) is 14.5. The van der Waals surface area contributed by atoms with Gasteiger partial charge in [-0.3, -0.25) is 14.4 Å². The van der Waals surface area contributed by atoms with E-state index in [0.717, 1.165) is 0 Å². The molecule has 0 saturated carbocycles. The zero-order chi connectivity index (χ0) is 23.0. The Kier molecular flexibility index (Phi) is 9.31. The maximum Gasteiger partial charge on any atom is 0.326 e. The summed E-state index contributed by atoms with van der Waals surface area (Å²) in [5.74, 6) is -1.89. The summed E-state index contributed by atoms with van der Waals surface area (Å²) < 4.78 is 0. The molecule has 31 heavy (non-hydrogen) atoms. The van der Waals surface area contributed by atoms with Crippen molar-refractivity contribution in [2.75, 3.05) is 18.6 Å². The second-order valence-electron chi connectivity index (χ2n) is 7.49. The van der Waals surface area contributed by atoms with Gasteiger partial charge < -0.3 is 31.4 Å². The number of carbonyl (C=O) groups is 4. The average molecular weight is 455 g/mol. The summed E-state index contributed by atoms with van der Waals surface area (Å²) in [4.78, 5) is 57.3. The number of carboxylic acid groups (broad SMARTS) is 1. The van der Waals surface area contributed by atoms with Crippen molar-refractivity contribution in [2.45, 2.75) is 56.8 Å². The first-order valence-electron chi connectivity index (χ1n) is 10.1. The fourth-order valence-corrected chi connectivity index (χ4v) is 3.89. The number of aromatic nitrogens is 2. The number of amides is 3. The van der Waals surface area contributed by atoms with Gasteiger partial charge in [0, 0.05) is 24.9 Å². The number of H-pyrrole nitrogens is 1. The van der Waals surface area contributed by atoms with Crippen LogP contribution < -0.4 is 16.4 Å². The topological polar surface area (TPSA) is 171 Å². The minimum atomic E-state index is -1.05. The van der Waals surface area contributed by atoms with Crippen molar-refractivity contribution in [3.63, 3.8) is 0 Å². The molecule has 3 amide bonds. The molecule has 12 heteroatoms. The molecule has 1 saturated heterocycles. The molecule has 2 heterocycles. The fraction of sp³-hybridized carbons (Fsp3) is 0.632. The van der Waals surface area contributed by atoms with Crippen molar-refractivity contribution >= 4 is 35.5 Å². The molecule has 0 bridgehead atoms. The lowest BCUT2D eigenvalue weighted by Crippen LogP contribution is -2.56. The molecule has 0 spiro atoms. The number of rotatable bonds is 11. The normalized spacial score (nSPS) is 18.8. The van der Waals surface area contributed by atoms with Gasteiger partial charge in [0.1, 0.15) is 18.1 Å². The van der Waals surface area contributed by atoms with Gasteiger partial charge in [-0.25, -0.2) is 9.78 Å². The number of likely N-dealkylation sites (tertiary alicyclic amines) is 1. The lowest BCUT2D eigenvalue weighted by Gasteiger charge is -2.27. The van der Waals surface area contributed by atoms with Gasteiger partial charge in [-0.2, -0.15) is 11.8 Å². The molecule has 0 radical (unpaired) electrons. The Morgan fingerprint density at radius 3 is 2.71 bits per heavy atom. The number of nitrogens with two attached hydrogens (primary N) is 1. The highest BCUT2D eigenvalue weighted by atomic mass is 32.2. The molecule has 1 aliphatic heterocycles. The van der Waals surface area contributed by atoms with Crippen LogP contribution in [0.1, 0.15) is 31.9 Å². The van der Waals surface area contributed by atoms with Crippen molar-refractivity contribution in [3.05, 3.63) is 18.2 Å². The van der Waals surface area contributed by atoms with Crippen molar-refractivity contribution in [2.24, 2.45) is 5.73 Å². The van der Waals surface area contributed by atoms with E-state index in [1.54, 1.807) is 6.20 Å². The van der Waals surface area contributed by atoms with Gasteiger partial charge in [-0.1, -0.05) is 0 Å². The molecule has 4 atom stereocenters. The van der Waals surface area contributed by atoms with E-state index >= 15 is 0 Å². The van der Waals surface area contributed by atoms with Crippen molar-refractivity contribution < 1.29 is 24.3 Å². The number of carbonyl (C=O) groups excluding carboxylic acids is 3. The highest BCUT2D eigenvalue weighted by molar-refractivity contribution is 7.98. The van der Waals surface area contributed by atoms with Crippen LogP contribution >= 0.6 is 11.8 Å². The molecule has 172 valence electrons. The Labute approximate surface area is 184 Å². The van der Waals surface area contributed by atoms with E-state index in [9.17, 15) is 24.3 Å². The predicted octanol–water partition coefficient (Wildman–Crippen LogP) is -0.902. The summed E-state index contributed by atoms with van der Waals surface area (Å²) in [7, 11) is 0. The molecule has 0 aromatic carbocycles. The van der Waals surface area contributed by atoms with E-state index in [2.05, 4.69) is 20.6 Å². The van der Waals surface area contributed by atoms with E-state index in [1.165, 1.54) is 29.9 Å². The first-order valence-corrected chi connectivity index (χ1v) is 11.5. The van der Waals surface area contributed by atoms with Crippen LogP contribution in [0.25, 0.3) is 0 Å². The van der Waals surface area contributed by atoms with Crippen LogP contribution in [0.5, 0.6) is 0 Å². The summed E-state index contributed by atoms with van der Waals surface area (Å²) in [5.41, 5.74) is 6.65. The summed E-state index contributed by atoms with van der Waals surface area (Å²) in [6.07, 6.45) is 6.53. The van der Waals surface area contributed by atoms with Gasteiger partial charge in [0.2, 0.25) is 17.7 Å². The van der Waals surface area contributed by atoms with E-state index in [-0.39, 0.29) is 6.42 Å². The Morgan fingerprint density at radius 1 is 1.35 bits per heavy atom. The molecule has 2 rings (SSSR count). The molecule has 1 aromatic rings. The number of aliphatic carboxylic acids is 1. The summed E-state index contributed by atoms with van der Waals surface area (Å²) in [6, 6.07) is -3.53. The van der Waals surface area contributed by atoms with Crippen LogP contribution in [0.4, 0.5) is 0 Å². The van der Waals surface area contributed by atoms with E-state index in [1.807, 2.05) is 6.26 Å². The smallest absolute Gasteiger partial charge is 0.326 e. The molecular weight excluding hydrogens is 424 g/mol. The van der Waals surface area contributed by atoms with Gasteiger partial charge in [0.25, 0.3) is 0 Å². The van der Waals surface area contributed by atoms with Crippen LogP contribution in [0.15, 0.2) is 12.5 Å². The molecule has 0 aliphatic carbocycles. The third-order valence-corrected chi connectivity index (χ3v) is 5.77. The van der Waals surface area contributed by atoms with Gasteiger partial charge >= 0.3 is 5.97 Å². The largest absolute Gasteiger partial charge is 0.480 e. The van der Waals surface area contributed by atoms with Gasteiger partial charge in [0.05, 0.1) is 12.4 Å². The van der Waals surface area contributed by atoms with E-state index in [4.69, 9.17) is 5.73 Å². The lowest BCUT2D eigenvalue weighted by molar-refractivity contribution is -0.149. The predicted molar refractivity (Wildman–Crippen MR) is 115 cm³/mol. The van der Waals surface area contributed by atoms with Crippen LogP contribution in [0.3, 0.4) is 0 Å². The zero-order valence-electron chi connectivity index (χ0n) is 17.7. The Balaban J connectivity index is 1.97. The number of hydrogen-bond donors (Lipinski definition) is 5. The summed E-state index contributed by atoms with van der Waals surface area (Å²) >= 11 is 1.52. The molecule has 4 unspecified atom stereocenters. The first-order chi connectivity index (χ1) is 14.7. The van der Waals surface area contributed by atoms with Gasteiger partial charge in [0.15, 0.2) is 0 Å². The number of nitrogens with zero attached hydrogens (tertiary/aromatic N) is 2. The molecule has 1 fully saturated rings. The van der Waals surface area contributed by atoms with E-state index < -0.39 is 47.9 Å². The fourth-order valence-electron chi connectivity index (χ4n) is 3.42. The third kappa shape index (κ3) is 6.96. The van der Waals surface area contributed by atoms with Gasteiger partial charge in [-0.15, -0.1) is 0 Å². The maximum absolute atomic E-state index is 12.8. The number of carboxylic acids is 1. The highest BCUT2D eigenvalue weighted by Crippen LogP contribution is 2.18. The molecular formula is C19H30N6O5S. The number of thioether (sulfide) groups is 1. The van der Waals surface area contributed by atoms with Crippen LogP contribution in [0.2, 0.25) is 0 Å². The van der Waals surface area contributed by atoms with E-state index in [0.29, 0.717) is 37.3 Å².